The second-order valence-electron chi connectivity index (χ2n) is 8.94. The first-order valence-electron chi connectivity index (χ1n) is 11.4. The Morgan fingerprint density at radius 1 is 1.15 bits per heavy atom. The Hall–Kier alpha value is -2.91. The highest BCUT2D eigenvalue weighted by molar-refractivity contribution is 5.78. The van der Waals surface area contributed by atoms with E-state index in [2.05, 4.69) is 4.98 Å². The molecule has 0 radical (unpaired) electrons. The van der Waals surface area contributed by atoms with Gasteiger partial charge in [-0.05, 0) is 30.2 Å². The Morgan fingerprint density at radius 2 is 1.88 bits per heavy atom. The van der Waals surface area contributed by atoms with Gasteiger partial charge in [-0.1, -0.05) is 24.3 Å². The van der Waals surface area contributed by atoms with E-state index < -0.39 is 23.4 Å². The van der Waals surface area contributed by atoms with Crippen LogP contribution in [0, 0.1) is 6.92 Å². The van der Waals surface area contributed by atoms with Crippen LogP contribution in [0.5, 0.6) is 0 Å². The van der Waals surface area contributed by atoms with E-state index in [4.69, 9.17) is 9.47 Å². The smallest absolute Gasteiger partial charge is 0.347 e. The number of hydrogen-bond acceptors (Lipinski definition) is 4. The molecule has 1 aromatic carbocycles. The SMILES string of the molecule is Cc1cccn2c(C(CC(=O)N3CCC4(CC3)OCCO4)c3cccc(C(F)(F)F)c3)cnc12. The zero-order valence-electron chi connectivity index (χ0n) is 18.8. The van der Waals surface area contributed by atoms with Crippen molar-refractivity contribution in [3.63, 3.8) is 0 Å². The molecule has 6 nitrogen and oxygen atoms in total. The summed E-state index contributed by atoms with van der Waals surface area (Å²) in [6.45, 7) is 4.01. The molecule has 34 heavy (non-hydrogen) atoms. The third-order valence-corrected chi connectivity index (χ3v) is 6.80. The molecule has 180 valence electrons. The fraction of sp³-hybridized carbons (Fsp3) is 0.440. The molecule has 0 aliphatic carbocycles. The van der Waals surface area contributed by atoms with Gasteiger partial charge in [-0.15, -0.1) is 0 Å². The highest BCUT2D eigenvalue weighted by Gasteiger charge is 2.41. The normalized spacial score (nSPS) is 19.1. The van der Waals surface area contributed by atoms with Gasteiger partial charge in [-0.25, -0.2) is 4.98 Å². The molecule has 5 rings (SSSR count). The summed E-state index contributed by atoms with van der Waals surface area (Å²) >= 11 is 0. The Balaban J connectivity index is 1.46. The number of fused-ring (bicyclic) bond motifs is 1. The number of aryl methyl sites for hydroxylation is 1. The third kappa shape index (κ3) is 4.30. The van der Waals surface area contributed by atoms with Gasteiger partial charge in [0.1, 0.15) is 5.65 Å². The lowest BCUT2D eigenvalue weighted by molar-refractivity contribution is -0.187. The Morgan fingerprint density at radius 3 is 2.59 bits per heavy atom. The molecule has 1 amide bonds. The average Bonchev–Trinajstić information content (AvgIpc) is 3.45. The van der Waals surface area contributed by atoms with Crippen molar-refractivity contribution in [1.82, 2.24) is 14.3 Å². The van der Waals surface area contributed by atoms with Crippen LogP contribution in [0.25, 0.3) is 5.65 Å². The van der Waals surface area contributed by atoms with E-state index in [1.807, 2.05) is 29.7 Å². The Kier molecular flexibility index (Phi) is 5.85. The van der Waals surface area contributed by atoms with Crippen LogP contribution in [-0.2, 0) is 20.4 Å². The lowest BCUT2D eigenvalue weighted by Gasteiger charge is -2.38. The number of piperidine rings is 1. The van der Waals surface area contributed by atoms with Gasteiger partial charge in [0.05, 0.1) is 24.5 Å². The molecule has 2 saturated heterocycles. The second kappa shape index (κ2) is 8.70. The minimum absolute atomic E-state index is 0.0394. The summed E-state index contributed by atoms with van der Waals surface area (Å²) in [5.74, 6) is -1.30. The second-order valence-corrected chi connectivity index (χ2v) is 8.94. The van der Waals surface area contributed by atoms with Crippen molar-refractivity contribution in [3.8, 4) is 0 Å². The van der Waals surface area contributed by atoms with Crippen LogP contribution in [0.1, 0.15) is 47.6 Å². The largest absolute Gasteiger partial charge is 0.416 e. The van der Waals surface area contributed by atoms with Gasteiger partial charge in [-0.2, -0.15) is 13.2 Å². The monoisotopic (exact) mass is 473 g/mol. The van der Waals surface area contributed by atoms with Crippen molar-refractivity contribution in [2.24, 2.45) is 0 Å². The number of halogens is 3. The first-order chi connectivity index (χ1) is 16.3. The molecule has 2 aromatic heterocycles. The number of alkyl halides is 3. The van der Waals surface area contributed by atoms with Gasteiger partial charge in [0.2, 0.25) is 5.91 Å². The summed E-state index contributed by atoms with van der Waals surface area (Å²) < 4.78 is 53.7. The first-order valence-corrected chi connectivity index (χ1v) is 11.4. The van der Waals surface area contributed by atoms with Gasteiger partial charge >= 0.3 is 6.18 Å². The van der Waals surface area contributed by atoms with Crippen LogP contribution in [0.3, 0.4) is 0 Å². The van der Waals surface area contributed by atoms with E-state index >= 15 is 0 Å². The number of amides is 1. The van der Waals surface area contributed by atoms with Crippen LogP contribution in [-0.4, -0.2) is 52.3 Å². The summed E-state index contributed by atoms with van der Waals surface area (Å²) in [7, 11) is 0. The van der Waals surface area contributed by atoms with E-state index in [1.54, 1.807) is 17.2 Å². The van der Waals surface area contributed by atoms with Crippen LogP contribution >= 0.6 is 0 Å². The maximum absolute atomic E-state index is 13.5. The molecule has 1 atom stereocenters. The zero-order chi connectivity index (χ0) is 23.9. The van der Waals surface area contributed by atoms with Crippen LogP contribution in [0.4, 0.5) is 13.2 Å². The lowest BCUT2D eigenvalue weighted by Crippen LogP contribution is -2.47. The van der Waals surface area contributed by atoms with Gasteiger partial charge in [-0.3, -0.25) is 4.79 Å². The highest BCUT2D eigenvalue weighted by atomic mass is 19.4. The number of carbonyl (C=O) groups is 1. The molecule has 2 aliphatic rings. The molecule has 3 aromatic rings. The van der Waals surface area contributed by atoms with Crippen molar-refractivity contribution in [2.75, 3.05) is 26.3 Å². The summed E-state index contributed by atoms with van der Waals surface area (Å²) in [5, 5.41) is 0. The van der Waals surface area contributed by atoms with E-state index in [0.717, 1.165) is 23.3 Å². The predicted molar refractivity (Wildman–Crippen MR) is 118 cm³/mol. The van der Waals surface area contributed by atoms with Gasteiger partial charge in [0.15, 0.2) is 5.79 Å². The summed E-state index contributed by atoms with van der Waals surface area (Å²) in [5.41, 5.74) is 2.05. The van der Waals surface area contributed by atoms with E-state index in [9.17, 15) is 18.0 Å². The van der Waals surface area contributed by atoms with Crippen LogP contribution in [0.15, 0.2) is 48.8 Å². The number of benzene rings is 1. The molecule has 1 spiro atoms. The molecule has 9 heteroatoms. The third-order valence-electron chi connectivity index (χ3n) is 6.80. The number of rotatable bonds is 4. The predicted octanol–water partition coefficient (Wildman–Crippen LogP) is 4.55. The van der Waals surface area contributed by atoms with Gasteiger partial charge in [0.25, 0.3) is 0 Å². The van der Waals surface area contributed by atoms with Gasteiger partial charge in [0, 0.05) is 50.7 Å². The molecule has 0 bridgehead atoms. The number of carbonyl (C=O) groups excluding carboxylic acids is 1. The standard InChI is InChI=1S/C25H26F3N3O3/c1-17-4-3-9-31-21(16-29-23(17)31)20(18-5-2-6-19(14-18)25(26,27)28)15-22(32)30-10-7-24(8-11-30)33-12-13-34-24/h2-6,9,14,16,20H,7-8,10-13,15H2,1H3. The van der Waals surface area contributed by atoms with Crippen molar-refractivity contribution in [1.29, 1.82) is 0 Å². The molecule has 1 unspecified atom stereocenters. The average molecular weight is 473 g/mol. The van der Waals surface area contributed by atoms with Crippen molar-refractivity contribution in [3.05, 3.63) is 71.2 Å². The number of nitrogens with zero attached hydrogens (tertiary/aromatic N) is 3. The van der Waals surface area contributed by atoms with Crippen molar-refractivity contribution in [2.45, 2.75) is 44.1 Å². The van der Waals surface area contributed by atoms with Crippen molar-refractivity contribution >= 4 is 11.6 Å². The Labute approximate surface area is 195 Å². The number of likely N-dealkylation sites (tertiary alicyclic amines) is 1. The maximum Gasteiger partial charge on any atom is 0.416 e. The molecular formula is C25H26F3N3O3. The van der Waals surface area contributed by atoms with Crippen molar-refractivity contribution < 1.29 is 27.4 Å². The van der Waals surface area contributed by atoms with Crippen LogP contribution in [0.2, 0.25) is 0 Å². The minimum Gasteiger partial charge on any atom is -0.347 e. The number of imidazole rings is 1. The minimum atomic E-state index is -4.47. The summed E-state index contributed by atoms with van der Waals surface area (Å²) in [6.07, 6.45) is 0.228. The lowest BCUT2D eigenvalue weighted by atomic mass is 9.90. The van der Waals surface area contributed by atoms with Crippen LogP contribution < -0.4 is 0 Å². The van der Waals surface area contributed by atoms with E-state index in [-0.39, 0.29) is 12.3 Å². The highest BCUT2D eigenvalue weighted by Crippen LogP contribution is 2.36. The Bertz CT molecular complexity index is 1190. The first kappa shape index (κ1) is 22.9. The number of hydrogen-bond donors (Lipinski definition) is 0. The maximum atomic E-state index is 13.5. The molecule has 2 aliphatic heterocycles. The number of ether oxygens (including phenoxy) is 2. The quantitative estimate of drug-likeness (QED) is 0.558. The fourth-order valence-corrected chi connectivity index (χ4v) is 4.94. The zero-order valence-corrected chi connectivity index (χ0v) is 18.8. The van der Waals surface area contributed by atoms with E-state index in [1.165, 1.54) is 6.07 Å². The summed E-state index contributed by atoms with van der Waals surface area (Å²) in [6, 6.07) is 9.01. The molecular weight excluding hydrogens is 447 g/mol. The molecule has 0 N–H and O–H groups in total. The molecule has 0 saturated carbocycles. The topological polar surface area (TPSA) is 56.1 Å². The fourth-order valence-electron chi connectivity index (χ4n) is 4.94. The molecule has 4 heterocycles. The van der Waals surface area contributed by atoms with Gasteiger partial charge < -0.3 is 18.8 Å². The number of pyridine rings is 1. The summed E-state index contributed by atoms with van der Waals surface area (Å²) in [4.78, 5) is 19.6. The molecule has 2 fully saturated rings. The van der Waals surface area contributed by atoms with E-state index in [0.29, 0.717) is 50.4 Å². The number of aromatic nitrogens is 2.